The Morgan fingerprint density at radius 1 is 0.800 bits per heavy atom. The molecule has 205 valence electrons. The third-order valence-electron chi connectivity index (χ3n) is 7.07. The molecule has 0 aliphatic carbocycles. The number of benzene rings is 2. The van der Waals surface area contributed by atoms with Gasteiger partial charge in [-0.15, -0.1) is 41.0 Å². The van der Waals surface area contributed by atoms with Crippen LogP contribution in [-0.4, -0.2) is 15.0 Å². The van der Waals surface area contributed by atoms with Gasteiger partial charge in [0.2, 0.25) is 0 Å². The van der Waals surface area contributed by atoms with Crippen molar-refractivity contribution in [3.63, 3.8) is 0 Å². The van der Waals surface area contributed by atoms with Crippen LogP contribution >= 0.6 is 0 Å². The molecule has 0 N–H and O–H groups in total. The number of furan rings is 1. The van der Waals surface area contributed by atoms with Gasteiger partial charge in [0.25, 0.3) is 0 Å². The minimum Gasteiger partial charge on any atom is -0.506 e. The first kappa shape index (κ1) is 29.3. The summed E-state index contributed by atoms with van der Waals surface area (Å²) in [4.78, 5) is 13.8. The van der Waals surface area contributed by atoms with Gasteiger partial charge in [0.15, 0.2) is 0 Å². The van der Waals surface area contributed by atoms with Crippen molar-refractivity contribution < 1.29 is 24.5 Å². The molecule has 40 heavy (non-hydrogen) atoms. The fourth-order valence-corrected chi connectivity index (χ4v) is 4.35. The summed E-state index contributed by atoms with van der Waals surface area (Å²) in [7, 11) is 0. The van der Waals surface area contributed by atoms with Gasteiger partial charge in [-0.2, -0.15) is 0 Å². The van der Waals surface area contributed by atoms with E-state index in [9.17, 15) is 0 Å². The SMILES string of the molecule is CC(C)(C)c1ccc2c(-c3ccccn3)[c-]c3ccoc3c2n1.Cc1c[c-]c(-c2cc(C)c(C)cn2)cc1C.[Ir]. The van der Waals surface area contributed by atoms with E-state index in [1.165, 1.54) is 22.3 Å². The molecule has 0 amide bonds. The molecular weight excluding hydrogens is 671 g/mol. The number of aromatic nitrogens is 3. The third-order valence-corrected chi connectivity index (χ3v) is 7.07. The molecule has 6 rings (SSSR count). The number of hydrogen-bond acceptors (Lipinski definition) is 4. The van der Waals surface area contributed by atoms with Crippen molar-refractivity contribution in [2.45, 2.75) is 53.9 Å². The zero-order valence-electron chi connectivity index (χ0n) is 24.0. The molecule has 0 unspecified atom stereocenters. The first-order valence-corrected chi connectivity index (χ1v) is 13.2. The minimum atomic E-state index is -0.0160. The van der Waals surface area contributed by atoms with Crippen molar-refractivity contribution >= 4 is 21.9 Å². The second-order valence-corrected chi connectivity index (χ2v) is 11.1. The van der Waals surface area contributed by atoms with Crippen LogP contribution in [0.25, 0.3) is 44.4 Å². The second kappa shape index (κ2) is 11.8. The molecule has 6 aromatic rings. The van der Waals surface area contributed by atoms with Crippen molar-refractivity contribution in [3.8, 4) is 22.5 Å². The summed E-state index contributed by atoms with van der Waals surface area (Å²) >= 11 is 0. The summed E-state index contributed by atoms with van der Waals surface area (Å²) in [5, 5.41) is 1.94. The van der Waals surface area contributed by atoms with E-state index in [0.29, 0.717) is 0 Å². The first-order chi connectivity index (χ1) is 18.6. The van der Waals surface area contributed by atoms with Crippen LogP contribution in [0.15, 0.2) is 77.7 Å². The number of fused-ring (bicyclic) bond motifs is 3. The van der Waals surface area contributed by atoms with Crippen LogP contribution in [0.1, 0.15) is 48.7 Å². The van der Waals surface area contributed by atoms with Crippen molar-refractivity contribution in [2.24, 2.45) is 0 Å². The van der Waals surface area contributed by atoms with E-state index in [-0.39, 0.29) is 25.5 Å². The van der Waals surface area contributed by atoms with Gasteiger partial charge < -0.3 is 9.40 Å². The van der Waals surface area contributed by atoms with E-state index in [4.69, 9.17) is 9.40 Å². The first-order valence-electron chi connectivity index (χ1n) is 13.2. The van der Waals surface area contributed by atoms with Gasteiger partial charge >= 0.3 is 0 Å². The smallest absolute Gasteiger partial charge is 0.0847 e. The molecule has 4 aromatic heterocycles. The monoisotopic (exact) mass is 704 g/mol. The van der Waals surface area contributed by atoms with Crippen molar-refractivity contribution in [1.82, 2.24) is 15.0 Å². The molecule has 0 saturated carbocycles. The van der Waals surface area contributed by atoms with Crippen LogP contribution in [0.5, 0.6) is 0 Å². The Bertz CT molecular complexity index is 1730. The Morgan fingerprint density at radius 3 is 2.25 bits per heavy atom. The average molecular weight is 704 g/mol. The molecule has 2 aromatic carbocycles. The molecule has 0 saturated heterocycles. The van der Waals surface area contributed by atoms with Crippen LogP contribution in [0.4, 0.5) is 0 Å². The van der Waals surface area contributed by atoms with Gasteiger partial charge in [-0.25, -0.2) is 0 Å². The molecule has 4 nitrogen and oxygen atoms in total. The molecule has 4 heterocycles. The zero-order valence-corrected chi connectivity index (χ0v) is 26.4. The number of aryl methyl sites for hydroxylation is 4. The summed E-state index contributed by atoms with van der Waals surface area (Å²) in [6.07, 6.45) is 5.41. The van der Waals surface area contributed by atoms with Crippen LogP contribution in [0.2, 0.25) is 0 Å². The average Bonchev–Trinajstić information content (AvgIpc) is 3.41. The van der Waals surface area contributed by atoms with Crippen molar-refractivity contribution in [2.75, 3.05) is 0 Å². The zero-order chi connectivity index (χ0) is 27.7. The van der Waals surface area contributed by atoms with Crippen LogP contribution in [-0.2, 0) is 25.5 Å². The summed E-state index contributed by atoms with van der Waals surface area (Å²) < 4.78 is 5.68. The maximum absolute atomic E-state index is 5.68. The Hall–Kier alpha value is -3.66. The molecular formula is C35H33IrN3O-2. The second-order valence-electron chi connectivity index (χ2n) is 11.1. The van der Waals surface area contributed by atoms with Gasteiger partial charge in [-0.3, -0.25) is 9.97 Å². The van der Waals surface area contributed by atoms with Crippen molar-refractivity contribution in [1.29, 1.82) is 0 Å². The summed E-state index contributed by atoms with van der Waals surface area (Å²) in [6, 6.07) is 25.0. The van der Waals surface area contributed by atoms with Crippen LogP contribution in [0, 0.1) is 39.8 Å². The molecule has 0 fully saturated rings. The van der Waals surface area contributed by atoms with Crippen LogP contribution < -0.4 is 0 Å². The maximum atomic E-state index is 5.68. The van der Waals surface area contributed by atoms with E-state index in [1.54, 1.807) is 12.5 Å². The fraction of sp³-hybridized carbons (Fsp3) is 0.229. The third kappa shape index (κ3) is 6.06. The Morgan fingerprint density at radius 2 is 1.57 bits per heavy atom. The quantitative estimate of drug-likeness (QED) is 0.169. The molecule has 0 atom stereocenters. The largest absolute Gasteiger partial charge is 0.506 e. The summed E-state index contributed by atoms with van der Waals surface area (Å²) in [5.41, 5.74) is 11.7. The molecule has 5 heteroatoms. The predicted molar refractivity (Wildman–Crippen MR) is 160 cm³/mol. The molecule has 0 aliphatic heterocycles. The number of rotatable bonds is 2. The molecule has 0 bridgehead atoms. The van der Waals surface area contributed by atoms with E-state index in [2.05, 4.69) is 94.8 Å². The number of nitrogens with zero attached hydrogens (tertiary/aromatic N) is 3. The predicted octanol–water partition coefficient (Wildman–Crippen LogP) is 8.92. The van der Waals surface area contributed by atoms with Gasteiger partial charge in [-0.1, -0.05) is 86.8 Å². The summed E-state index contributed by atoms with van der Waals surface area (Å²) in [5.74, 6) is 0. The van der Waals surface area contributed by atoms with E-state index in [1.807, 2.05) is 36.5 Å². The molecule has 0 aliphatic rings. The van der Waals surface area contributed by atoms with E-state index >= 15 is 0 Å². The Balaban J connectivity index is 0.000000192. The summed E-state index contributed by atoms with van der Waals surface area (Å²) in [6.45, 7) is 14.9. The minimum absolute atomic E-state index is 0. The molecule has 1 radical (unpaired) electrons. The van der Waals surface area contributed by atoms with Gasteiger partial charge in [0.1, 0.15) is 0 Å². The Labute approximate surface area is 250 Å². The van der Waals surface area contributed by atoms with Gasteiger partial charge in [-0.05, 0) is 37.2 Å². The van der Waals surface area contributed by atoms with E-state index < -0.39 is 0 Å². The maximum Gasteiger partial charge on any atom is 0.0847 e. The van der Waals surface area contributed by atoms with Gasteiger partial charge in [0, 0.05) is 61.1 Å². The van der Waals surface area contributed by atoms with Gasteiger partial charge in [0.05, 0.1) is 5.58 Å². The molecule has 0 spiro atoms. The van der Waals surface area contributed by atoms with Crippen LogP contribution in [0.3, 0.4) is 0 Å². The topological polar surface area (TPSA) is 51.8 Å². The Kier molecular flexibility index (Phi) is 8.68. The fourth-order valence-electron chi connectivity index (χ4n) is 4.35. The standard InChI is InChI=1S/C20H17N2O.C15H16N.Ir/c1-20(2,3)17-8-7-14-15(16-6-4-5-10-21-16)12-13-9-11-23-19(13)18(14)22-17;1-10-5-6-14(7-11(10)2)15-8-12(3)13(4)9-16-15;/h4-11H,1-3H3;5,7-9H,1-4H3;/q2*-1;. The normalized spacial score (nSPS) is 11.2. The number of pyridine rings is 3. The van der Waals surface area contributed by atoms with E-state index in [0.717, 1.165) is 50.1 Å². The number of hydrogen-bond donors (Lipinski definition) is 0. The van der Waals surface area contributed by atoms with Crippen molar-refractivity contribution in [3.05, 3.63) is 113 Å².